The molecule has 6 nitrogen and oxygen atoms in total. The highest BCUT2D eigenvalue weighted by Gasteiger charge is 2.53. The molecule has 0 radical (unpaired) electrons. The number of hydrogen-bond donors (Lipinski definition) is 0. The first-order chi connectivity index (χ1) is 12.7. The standard InChI is InChI=1S/C21H28O6/c1-7-11(2)19(22)25-16-8-13(4)21(24-6)10-12(3)15(27-21)9-17-18(16)14(5)20(23)26-17/h7,10,13,15-18H,5,8-9H2,1-4,6H3. The van der Waals surface area contributed by atoms with E-state index in [9.17, 15) is 9.59 Å². The topological polar surface area (TPSA) is 71.1 Å². The van der Waals surface area contributed by atoms with Crippen molar-refractivity contribution in [3.05, 3.63) is 35.5 Å². The van der Waals surface area contributed by atoms with Gasteiger partial charge < -0.3 is 18.9 Å². The zero-order chi connectivity index (χ0) is 19.9. The zero-order valence-electron chi connectivity index (χ0n) is 16.6. The predicted octanol–water partition coefficient (Wildman–Crippen LogP) is 3.08. The number of hydrogen-bond acceptors (Lipinski definition) is 6. The second kappa shape index (κ2) is 7.24. The lowest BCUT2D eigenvalue weighted by atomic mass is 9.81. The number of methoxy groups -OCH3 is 1. The van der Waals surface area contributed by atoms with Crippen molar-refractivity contribution >= 4 is 11.9 Å². The maximum Gasteiger partial charge on any atom is 0.334 e. The van der Waals surface area contributed by atoms with Crippen LogP contribution < -0.4 is 0 Å². The van der Waals surface area contributed by atoms with Gasteiger partial charge in [0.2, 0.25) is 0 Å². The molecule has 0 aromatic heterocycles. The van der Waals surface area contributed by atoms with Crippen LogP contribution in [0, 0.1) is 11.8 Å². The lowest BCUT2D eigenvalue weighted by molar-refractivity contribution is -0.225. The lowest BCUT2D eigenvalue weighted by Crippen LogP contribution is -2.41. The fourth-order valence-corrected chi connectivity index (χ4v) is 4.21. The van der Waals surface area contributed by atoms with Crippen molar-refractivity contribution in [3.63, 3.8) is 0 Å². The van der Waals surface area contributed by atoms with Gasteiger partial charge in [-0.1, -0.05) is 19.6 Å². The number of ether oxygens (including phenoxy) is 4. The third kappa shape index (κ3) is 3.36. The Balaban J connectivity index is 1.99. The minimum absolute atomic E-state index is 0.103. The normalized spacial score (nSPS) is 39.1. The fourth-order valence-electron chi connectivity index (χ4n) is 4.21. The van der Waals surface area contributed by atoms with Crippen LogP contribution in [0.5, 0.6) is 0 Å². The van der Waals surface area contributed by atoms with Crippen molar-refractivity contribution in [1.29, 1.82) is 0 Å². The molecule has 0 spiro atoms. The van der Waals surface area contributed by atoms with Crippen molar-refractivity contribution < 1.29 is 28.5 Å². The summed E-state index contributed by atoms with van der Waals surface area (Å²) in [6.45, 7) is 11.4. The van der Waals surface area contributed by atoms with Crippen molar-refractivity contribution in [3.8, 4) is 0 Å². The Morgan fingerprint density at radius 3 is 2.74 bits per heavy atom. The Morgan fingerprint density at radius 1 is 1.41 bits per heavy atom. The van der Waals surface area contributed by atoms with E-state index in [1.54, 1.807) is 27.0 Å². The SMILES string of the molecule is C=C1C(=O)OC2CC3OC(OC)(C=C3C)C(C)CC(OC(=O)C(C)=CC)C12. The molecule has 0 aliphatic carbocycles. The zero-order valence-corrected chi connectivity index (χ0v) is 16.6. The Kier molecular flexibility index (Phi) is 5.32. The summed E-state index contributed by atoms with van der Waals surface area (Å²) in [5.41, 5.74) is 1.93. The molecule has 6 unspecified atom stereocenters. The molecule has 2 saturated heterocycles. The molecule has 0 amide bonds. The smallest absolute Gasteiger partial charge is 0.334 e. The van der Waals surface area contributed by atoms with Gasteiger partial charge in [0.05, 0.1) is 12.0 Å². The third-order valence-electron chi connectivity index (χ3n) is 6.04. The minimum Gasteiger partial charge on any atom is -0.458 e. The number of fused-ring (bicyclic) bond motifs is 3. The molecule has 6 atom stereocenters. The second-order valence-electron chi connectivity index (χ2n) is 7.70. The molecule has 0 aromatic carbocycles. The van der Waals surface area contributed by atoms with Crippen LogP contribution in [-0.2, 0) is 28.5 Å². The highest BCUT2D eigenvalue weighted by molar-refractivity contribution is 5.91. The summed E-state index contributed by atoms with van der Waals surface area (Å²) in [4.78, 5) is 24.7. The van der Waals surface area contributed by atoms with Gasteiger partial charge in [0, 0.05) is 30.6 Å². The number of rotatable bonds is 3. The molecule has 6 heteroatoms. The third-order valence-corrected chi connectivity index (χ3v) is 6.04. The predicted molar refractivity (Wildman–Crippen MR) is 98.6 cm³/mol. The quantitative estimate of drug-likeness (QED) is 0.428. The molecule has 0 N–H and O–H groups in total. The van der Waals surface area contributed by atoms with Crippen LogP contribution in [-0.4, -0.2) is 43.1 Å². The molecule has 3 aliphatic heterocycles. The molecule has 148 valence electrons. The van der Waals surface area contributed by atoms with Gasteiger partial charge in [0.1, 0.15) is 12.2 Å². The van der Waals surface area contributed by atoms with Crippen molar-refractivity contribution in [2.75, 3.05) is 7.11 Å². The van der Waals surface area contributed by atoms with E-state index in [-0.39, 0.29) is 12.0 Å². The van der Waals surface area contributed by atoms with Crippen LogP contribution in [0.4, 0.5) is 0 Å². The van der Waals surface area contributed by atoms with Gasteiger partial charge in [-0.3, -0.25) is 0 Å². The Morgan fingerprint density at radius 2 is 2.11 bits per heavy atom. The molecule has 2 bridgehead atoms. The lowest BCUT2D eigenvalue weighted by Gasteiger charge is -2.35. The van der Waals surface area contributed by atoms with Crippen molar-refractivity contribution in [2.45, 2.75) is 64.6 Å². The second-order valence-corrected chi connectivity index (χ2v) is 7.70. The van der Waals surface area contributed by atoms with E-state index in [0.717, 1.165) is 5.57 Å². The molecular formula is C21H28O6. The Hall–Kier alpha value is -1.92. The van der Waals surface area contributed by atoms with Crippen molar-refractivity contribution in [2.24, 2.45) is 11.8 Å². The van der Waals surface area contributed by atoms with Crippen molar-refractivity contribution in [1.82, 2.24) is 0 Å². The first-order valence-corrected chi connectivity index (χ1v) is 9.38. The van der Waals surface area contributed by atoms with Gasteiger partial charge in [0.25, 0.3) is 0 Å². The average molecular weight is 376 g/mol. The van der Waals surface area contributed by atoms with Gasteiger partial charge >= 0.3 is 11.9 Å². The number of esters is 2. The highest BCUT2D eigenvalue weighted by Crippen LogP contribution is 2.46. The summed E-state index contributed by atoms with van der Waals surface area (Å²) in [6, 6.07) is 0. The van der Waals surface area contributed by atoms with E-state index in [0.29, 0.717) is 24.0 Å². The first kappa shape index (κ1) is 19.8. The van der Waals surface area contributed by atoms with Crippen LogP contribution in [0.2, 0.25) is 0 Å². The summed E-state index contributed by atoms with van der Waals surface area (Å²) < 4.78 is 23.4. The van der Waals surface area contributed by atoms with Crippen LogP contribution in [0.25, 0.3) is 0 Å². The molecule has 27 heavy (non-hydrogen) atoms. The maximum absolute atomic E-state index is 12.5. The van der Waals surface area contributed by atoms with Crippen LogP contribution in [0.15, 0.2) is 35.5 Å². The van der Waals surface area contributed by atoms with Crippen LogP contribution >= 0.6 is 0 Å². The minimum atomic E-state index is -0.876. The van der Waals surface area contributed by atoms with Gasteiger partial charge in [-0.25, -0.2) is 9.59 Å². The number of allylic oxidation sites excluding steroid dienone is 1. The van der Waals surface area contributed by atoms with E-state index in [1.165, 1.54) is 0 Å². The van der Waals surface area contributed by atoms with Gasteiger partial charge in [-0.2, -0.15) is 0 Å². The largest absolute Gasteiger partial charge is 0.458 e. The summed E-state index contributed by atoms with van der Waals surface area (Å²) in [7, 11) is 1.62. The van der Waals surface area contributed by atoms with E-state index in [1.807, 2.05) is 19.9 Å². The van der Waals surface area contributed by atoms with E-state index in [4.69, 9.17) is 18.9 Å². The highest BCUT2D eigenvalue weighted by atomic mass is 16.7. The average Bonchev–Trinajstić information content (AvgIpc) is 3.11. The first-order valence-electron chi connectivity index (χ1n) is 9.38. The molecule has 3 rings (SSSR count). The molecule has 0 aromatic rings. The summed E-state index contributed by atoms with van der Waals surface area (Å²) in [5, 5.41) is 0. The number of carbonyl (C=O) groups is 2. The van der Waals surface area contributed by atoms with Gasteiger partial charge in [0.15, 0.2) is 5.79 Å². The van der Waals surface area contributed by atoms with E-state index < -0.39 is 35.9 Å². The molecule has 2 fully saturated rings. The summed E-state index contributed by atoms with van der Waals surface area (Å²) in [6.07, 6.45) is 3.43. The molecule has 3 aliphatic rings. The molecule has 0 saturated carbocycles. The Labute approximate surface area is 160 Å². The summed E-state index contributed by atoms with van der Waals surface area (Å²) >= 11 is 0. The monoisotopic (exact) mass is 376 g/mol. The van der Waals surface area contributed by atoms with Crippen LogP contribution in [0.3, 0.4) is 0 Å². The van der Waals surface area contributed by atoms with Gasteiger partial charge in [-0.15, -0.1) is 0 Å². The fraction of sp³-hybridized carbons (Fsp3) is 0.619. The van der Waals surface area contributed by atoms with E-state index >= 15 is 0 Å². The Bertz CT molecular complexity index is 720. The maximum atomic E-state index is 12.5. The molecular weight excluding hydrogens is 348 g/mol. The van der Waals surface area contributed by atoms with Gasteiger partial charge in [-0.05, 0) is 38.8 Å². The van der Waals surface area contributed by atoms with E-state index in [2.05, 4.69) is 6.58 Å². The summed E-state index contributed by atoms with van der Waals surface area (Å²) in [5.74, 6) is -2.20. The van der Waals surface area contributed by atoms with Crippen LogP contribution in [0.1, 0.15) is 40.5 Å². The number of carbonyl (C=O) groups excluding carboxylic acids is 2. The molecule has 3 heterocycles.